The molecule has 1 heterocycles. The van der Waals surface area contributed by atoms with Crippen molar-refractivity contribution in [2.24, 2.45) is 0 Å². The van der Waals surface area contributed by atoms with Gasteiger partial charge in [-0.15, -0.1) is 10.2 Å². The molecule has 0 fully saturated rings. The number of hydrogen-bond acceptors (Lipinski definition) is 3. The third-order valence-electron chi connectivity index (χ3n) is 9.87. The van der Waals surface area contributed by atoms with Crippen LogP contribution in [0.1, 0.15) is 85.8 Å². The molecule has 0 spiro atoms. The molecule has 6 aromatic carbocycles. The number of unbranched alkanes of at least 4 members (excludes halogenated alkanes) is 4. The number of nitrogens with zero attached hydrogens (tertiary/aromatic N) is 2. The van der Waals surface area contributed by atoms with Crippen LogP contribution in [-0.2, 0) is 12.8 Å². The molecule has 0 unspecified atom stereocenters. The molecule has 0 bridgehead atoms. The summed E-state index contributed by atoms with van der Waals surface area (Å²) in [6.45, 7) is 4.49. The summed E-state index contributed by atoms with van der Waals surface area (Å²) in [6.07, 6.45) is 9.88. The van der Waals surface area contributed by atoms with Gasteiger partial charge in [-0.2, -0.15) is 0 Å². The van der Waals surface area contributed by atoms with Crippen LogP contribution in [0.2, 0.25) is 0 Å². The lowest BCUT2D eigenvalue weighted by Crippen LogP contribution is -1.86. The van der Waals surface area contributed by atoms with Gasteiger partial charge in [-0.1, -0.05) is 136 Å². The highest BCUT2D eigenvalue weighted by molar-refractivity contribution is 5.66. The zero-order chi connectivity index (χ0) is 37.7. The molecule has 7 aromatic rings. The van der Waals surface area contributed by atoms with Gasteiger partial charge in [0.15, 0.2) is 0 Å². The van der Waals surface area contributed by atoms with E-state index in [-0.39, 0.29) is 0 Å². The average molecular weight is 715 g/mol. The van der Waals surface area contributed by atoms with Gasteiger partial charge in [0.1, 0.15) is 0 Å². The first-order chi connectivity index (χ1) is 27.1. The Labute approximate surface area is 326 Å². The maximum atomic E-state index is 6.05. The van der Waals surface area contributed by atoms with Crippen molar-refractivity contribution in [2.45, 2.75) is 65.2 Å². The Morgan fingerprint density at radius 1 is 0.345 bits per heavy atom. The highest BCUT2D eigenvalue weighted by Gasteiger charge is 2.10. The molecule has 270 valence electrons. The monoisotopic (exact) mass is 714 g/mol. The zero-order valence-electron chi connectivity index (χ0n) is 31.8. The van der Waals surface area contributed by atoms with Crippen molar-refractivity contribution >= 4 is 0 Å². The van der Waals surface area contributed by atoms with Gasteiger partial charge < -0.3 is 4.42 Å². The average Bonchev–Trinajstić information content (AvgIpc) is 3.74. The summed E-state index contributed by atoms with van der Waals surface area (Å²) in [5, 5.41) is 8.61. The molecule has 0 saturated heterocycles. The van der Waals surface area contributed by atoms with Crippen LogP contribution in [0.15, 0.2) is 150 Å². The Hall–Kier alpha value is -6.42. The third-order valence-corrected chi connectivity index (χ3v) is 9.87. The van der Waals surface area contributed by atoms with E-state index in [1.807, 2.05) is 48.5 Å². The molecule has 0 aliphatic carbocycles. The smallest absolute Gasteiger partial charge is 0.248 e. The fraction of sp³-hybridized carbons (Fsp3) is 0.192. The predicted molar refractivity (Wildman–Crippen MR) is 227 cm³/mol. The van der Waals surface area contributed by atoms with Gasteiger partial charge in [0.05, 0.1) is 0 Å². The molecule has 0 saturated carbocycles. The molecule has 1 aromatic heterocycles. The second-order valence-corrected chi connectivity index (χ2v) is 14.0. The lowest BCUT2D eigenvalue weighted by molar-refractivity contribution is 0.584. The van der Waals surface area contributed by atoms with E-state index in [4.69, 9.17) is 4.42 Å². The van der Waals surface area contributed by atoms with E-state index < -0.39 is 0 Å². The van der Waals surface area contributed by atoms with Crippen molar-refractivity contribution < 1.29 is 4.42 Å². The van der Waals surface area contributed by atoms with Gasteiger partial charge in [-0.3, -0.25) is 0 Å². The standard InChI is InChI=1S/C52H46N2O/c1-3-5-7-9-39-15-27-45(28-16-39)47-31-19-41(20-32-47)11-13-43-23-35-49(36-24-43)51-53-54-52(55-51)50-37-25-44(26-38-50)14-12-42-21-33-48(34-22-42)46-29-17-40(18-30-46)10-8-6-4-2/h15-38H,3-10H2,1-2H3. The first kappa shape index (κ1) is 36.9. The van der Waals surface area contributed by atoms with Gasteiger partial charge in [0, 0.05) is 33.4 Å². The fourth-order valence-electron chi connectivity index (χ4n) is 6.52. The molecule has 0 radical (unpaired) electrons. The molecular formula is C52H46N2O. The number of aryl methyl sites for hydroxylation is 2. The lowest BCUT2D eigenvalue weighted by atomic mass is 10.0. The van der Waals surface area contributed by atoms with Gasteiger partial charge in [0.25, 0.3) is 0 Å². The molecular weight excluding hydrogens is 669 g/mol. The Kier molecular flexibility index (Phi) is 12.5. The zero-order valence-corrected chi connectivity index (χ0v) is 31.8. The van der Waals surface area contributed by atoms with Gasteiger partial charge in [-0.05, 0) is 132 Å². The van der Waals surface area contributed by atoms with Crippen LogP contribution in [0.4, 0.5) is 0 Å². The van der Waals surface area contributed by atoms with E-state index in [0.717, 1.165) is 46.2 Å². The largest absolute Gasteiger partial charge is 0.416 e. The van der Waals surface area contributed by atoms with Crippen molar-refractivity contribution in [2.75, 3.05) is 0 Å². The minimum Gasteiger partial charge on any atom is -0.416 e. The second-order valence-electron chi connectivity index (χ2n) is 14.0. The summed E-state index contributed by atoms with van der Waals surface area (Å²) in [7, 11) is 0. The molecule has 55 heavy (non-hydrogen) atoms. The summed E-state index contributed by atoms with van der Waals surface area (Å²) < 4.78 is 6.05. The Balaban J connectivity index is 0.922. The molecule has 0 N–H and O–H groups in total. The van der Waals surface area contributed by atoms with Crippen molar-refractivity contribution in [1.82, 2.24) is 10.2 Å². The predicted octanol–water partition coefficient (Wildman–Crippen LogP) is 13.0. The van der Waals surface area contributed by atoms with Crippen LogP contribution in [-0.4, -0.2) is 10.2 Å². The van der Waals surface area contributed by atoms with Crippen LogP contribution in [0.5, 0.6) is 0 Å². The summed E-state index contributed by atoms with van der Waals surface area (Å²) in [5.41, 5.74) is 13.2. The van der Waals surface area contributed by atoms with Crippen LogP contribution >= 0.6 is 0 Å². The molecule has 7 rings (SSSR count). The van der Waals surface area contributed by atoms with E-state index in [2.05, 4.69) is 145 Å². The fourth-order valence-corrected chi connectivity index (χ4v) is 6.52. The summed E-state index contributed by atoms with van der Waals surface area (Å²) >= 11 is 0. The maximum Gasteiger partial charge on any atom is 0.248 e. The van der Waals surface area contributed by atoms with E-state index in [1.165, 1.54) is 71.9 Å². The van der Waals surface area contributed by atoms with E-state index >= 15 is 0 Å². The topological polar surface area (TPSA) is 38.9 Å². The lowest BCUT2D eigenvalue weighted by Gasteiger charge is -2.05. The van der Waals surface area contributed by atoms with Crippen LogP contribution in [0, 0.1) is 23.7 Å². The highest BCUT2D eigenvalue weighted by Crippen LogP contribution is 2.26. The summed E-state index contributed by atoms with van der Waals surface area (Å²) in [4.78, 5) is 0. The van der Waals surface area contributed by atoms with Gasteiger partial charge >= 0.3 is 0 Å². The molecule has 0 aliphatic rings. The Morgan fingerprint density at radius 3 is 0.909 bits per heavy atom. The van der Waals surface area contributed by atoms with Gasteiger partial charge in [0.2, 0.25) is 11.8 Å². The summed E-state index contributed by atoms with van der Waals surface area (Å²) in [6, 6.07) is 50.6. The van der Waals surface area contributed by atoms with Crippen LogP contribution < -0.4 is 0 Å². The number of aromatic nitrogens is 2. The van der Waals surface area contributed by atoms with Crippen LogP contribution in [0.3, 0.4) is 0 Å². The molecule has 3 heteroatoms. The molecule has 0 aliphatic heterocycles. The SMILES string of the molecule is CCCCCc1ccc(-c2ccc(C#Cc3ccc(-c4nnc(-c5ccc(C#Cc6ccc(-c7ccc(CCCCC)cc7)cc6)cc5)o4)cc3)cc2)cc1. The minimum absolute atomic E-state index is 0.467. The van der Waals surface area contributed by atoms with E-state index in [0.29, 0.717) is 11.8 Å². The number of hydrogen-bond donors (Lipinski definition) is 0. The first-order valence-electron chi connectivity index (χ1n) is 19.6. The van der Waals surface area contributed by atoms with Crippen molar-refractivity contribution in [3.63, 3.8) is 0 Å². The normalized spacial score (nSPS) is 10.7. The Bertz CT molecular complexity index is 2220. The number of benzene rings is 6. The Morgan fingerprint density at radius 2 is 0.618 bits per heavy atom. The third kappa shape index (κ3) is 10.2. The van der Waals surface area contributed by atoms with Crippen molar-refractivity contribution in [1.29, 1.82) is 0 Å². The molecule has 3 nitrogen and oxygen atoms in total. The van der Waals surface area contributed by atoms with Gasteiger partial charge in [-0.25, -0.2) is 0 Å². The molecule has 0 amide bonds. The molecule has 0 atom stereocenters. The van der Waals surface area contributed by atoms with Crippen LogP contribution in [0.25, 0.3) is 45.2 Å². The quantitative estimate of drug-likeness (QED) is 0.0934. The minimum atomic E-state index is 0.467. The summed E-state index contributed by atoms with van der Waals surface area (Å²) in [5.74, 6) is 14.1. The van der Waals surface area contributed by atoms with Crippen molar-refractivity contribution in [3.05, 3.63) is 179 Å². The second kappa shape index (κ2) is 18.6. The maximum absolute atomic E-state index is 6.05. The van der Waals surface area contributed by atoms with E-state index in [9.17, 15) is 0 Å². The number of rotatable bonds is 12. The van der Waals surface area contributed by atoms with Crippen molar-refractivity contribution in [3.8, 4) is 68.8 Å². The van der Waals surface area contributed by atoms with E-state index in [1.54, 1.807) is 0 Å². The highest BCUT2D eigenvalue weighted by atomic mass is 16.4. The first-order valence-corrected chi connectivity index (χ1v) is 19.6.